The third-order valence-corrected chi connectivity index (χ3v) is 3.63. The van der Waals surface area contributed by atoms with Crippen molar-refractivity contribution in [2.24, 2.45) is 0 Å². The fourth-order valence-corrected chi connectivity index (χ4v) is 2.29. The largest absolute Gasteiger partial charge is 0.508 e. The highest BCUT2D eigenvalue weighted by Crippen LogP contribution is 2.17. The molecule has 0 heterocycles. The Balaban J connectivity index is 4.05. The number of allylic oxidation sites excluding steroid dienone is 5. The quantitative estimate of drug-likeness (QED) is 0.487. The monoisotopic (exact) mass is 299 g/mol. The Labute approximate surface area is 124 Å². The highest BCUT2D eigenvalue weighted by molar-refractivity contribution is 7.38. The molecule has 2 atom stereocenters. The summed E-state index contributed by atoms with van der Waals surface area (Å²) in [5, 5.41) is 9.52. The van der Waals surface area contributed by atoms with E-state index in [2.05, 4.69) is 32.9 Å². The first-order valence-electron chi connectivity index (χ1n) is 7.09. The van der Waals surface area contributed by atoms with Crippen LogP contribution in [0.2, 0.25) is 0 Å². The Morgan fingerprint density at radius 1 is 1.05 bits per heavy atom. The van der Waals surface area contributed by atoms with Crippen LogP contribution in [0.3, 0.4) is 0 Å². The molecule has 0 bridgehead atoms. The van der Waals surface area contributed by atoms with Crippen molar-refractivity contribution in [2.45, 2.75) is 59.5 Å². The van der Waals surface area contributed by atoms with E-state index in [9.17, 15) is 9.67 Å². The fourth-order valence-electron chi connectivity index (χ4n) is 1.86. The van der Waals surface area contributed by atoms with Gasteiger partial charge in [-0.25, -0.2) is 0 Å². The Hall–Kier alpha value is -0.760. The first-order valence-corrected chi connectivity index (χ1v) is 8.49. The molecule has 0 saturated carbocycles. The predicted molar refractivity (Wildman–Crippen MR) is 86.1 cm³/mol. The summed E-state index contributed by atoms with van der Waals surface area (Å²) in [5.74, 6) is 0. The van der Waals surface area contributed by atoms with E-state index in [4.69, 9.17) is 4.89 Å². The predicted octanol–water partition coefficient (Wildman–Crippen LogP) is 4.50. The van der Waals surface area contributed by atoms with Crippen LogP contribution in [-0.2, 0) is 4.57 Å². The molecule has 20 heavy (non-hydrogen) atoms. The van der Waals surface area contributed by atoms with E-state index in [-0.39, 0.29) is 6.16 Å². The molecule has 0 amide bonds. The lowest BCUT2D eigenvalue weighted by Crippen LogP contribution is -2.06. The van der Waals surface area contributed by atoms with E-state index < -0.39 is 14.1 Å². The van der Waals surface area contributed by atoms with Crippen molar-refractivity contribution in [1.82, 2.24) is 0 Å². The molecule has 0 aliphatic rings. The van der Waals surface area contributed by atoms with Crippen molar-refractivity contribution in [3.63, 3.8) is 0 Å². The molecule has 0 spiro atoms. The molecule has 0 aromatic rings. The van der Waals surface area contributed by atoms with Gasteiger partial charge in [0.2, 0.25) is 6.16 Å². The second-order valence-corrected chi connectivity index (χ2v) is 6.59. The van der Waals surface area contributed by atoms with E-state index in [0.717, 1.165) is 31.3 Å². The first kappa shape index (κ1) is 19.2. The van der Waals surface area contributed by atoms with Crippen LogP contribution in [0.15, 0.2) is 34.9 Å². The van der Waals surface area contributed by atoms with Gasteiger partial charge in [-0.3, -0.25) is 0 Å². The average Bonchev–Trinajstić information content (AvgIpc) is 2.26. The van der Waals surface area contributed by atoms with Gasteiger partial charge in [0, 0.05) is 0 Å². The maximum Gasteiger partial charge on any atom is 0.508 e. The zero-order valence-corrected chi connectivity index (χ0v) is 14.0. The van der Waals surface area contributed by atoms with Gasteiger partial charge in [-0.15, -0.1) is 0 Å². The molecule has 0 saturated heterocycles. The third kappa shape index (κ3) is 12.3. The molecule has 2 unspecified atom stereocenters. The topological polar surface area (TPSA) is 57.5 Å². The molecule has 0 aromatic heterocycles. The van der Waals surface area contributed by atoms with Gasteiger partial charge in [0.15, 0.2) is 0 Å². The zero-order chi connectivity index (χ0) is 15.5. The van der Waals surface area contributed by atoms with Crippen LogP contribution in [0, 0.1) is 0 Å². The summed E-state index contributed by atoms with van der Waals surface area (Å²) < 4.78 is 10.6. The molecule has 4 heteroatoms. The van der Waals surface area contributed by atoms with Crippen molar-refractivity contribution < 1.29 is 14.6 Å². The van der Waals surface area contributed by atoms with Gasteiger partial charge < -0.3 is 5.11 Å². The number of hydrogen-bond acceptors (Lipinski definition) is 2. The smallest absolute Gasteiger partial charge is 0.384 e. The van der Waals surface area contributed by atoms with Crippen LogP contribution in [-0.4, -0.2) is 22.3 Å². The Kier molecular flexibility index (Phi) is 10.5. The summed E-state index contributed by atoms with van der Waals surface area (Å²) in [4.78, 5) is 8.71. The average molecular weight is 299 g/mol. The molecular formula is C16H28O3P+. The zero-order valence-electron chi connectivity index (χ0n) is 13.1. The minimum absolute atomic E-state index is 0.0791. The number of aliphatic hydroxyl groups is 1. The minimum atomic E-state index is -2.27. The van der Waals surface area contributed by atoms with Gasteiger partial charge in [-0.05, 0) is 57.9 Å². The van der Waals surface area contributed by atoms with Gasteiger partial charge in [0.1, 0.15) is 6.10 Å². The van der Waals surface area contributed by atoms with Crippen LogP contribution >= 0.6 is 8.03 Å². The summed E-state index contributed by atoms with van der Waals surface area (Å²) in [6.45, 7) is 8.31. The van der Waals surface area contributed by atoms with Gasteiger partial charge in [-0.2, -0.15) is 4.89 Å². The van der Waals surface area contributed by atoms with Gasteiger partial charge in [0.25, 0.3) is 0 Å². The van der Waals surface area contributed by atoms with Crippen LogP contribution in [0.25, 0.3) is 0 Å². The second kappa shape index (κ2) is 11.0. The van der Waals surface area contributed by atoms with E-state index in [0.29, 0.717) is 0 Å². The summed E-state index contributed by atoms with van der Waals surface area (Å²) in [5.41, 5.74) is 3.80. The maximum atomic E-state index is 10.6. The van der Waals surface area contributed by atoms with E-state index in [1.165, 1.54) is 11.1 Å². The number of hydrogen-bond donors (Lipinski definition) is 2. The fraction of sp³-hybridized carbons (Fsp3) is 0.625. The van der Waals surface area contributed by atoms with E-state index in [1.807, 2.05) is 6.92 Å². The normalized spacial score (nSPS) is 15.0. The van der Waals surface area contributed by atoms with Crippen molar-refractivity contribution >= 4 is 8.03 Å². The SMILES string of the molecule is CC(C)=CCC/C(C)=C/CC/C(C)=C/C(O)C[P+](=O)O. The minimum Gasteiger partial charge on any atom is -0.384 e. The molecule has 3 nitrogen and oxygen atoms in total. The van der Waals surface area contributed by atoms with Crippen molar-refractivity contribution in [3.05, 3.63) is 34.9 Å². The molecule has 0 fully saturated rings. The lowest BCUT2D eigenvalue weighted by Gasteiger charge is -2.03. The molecule has 2 N–H and O–H groups in total. The van der Waals surface area contributed by atoms with Crippen LogP contribution in [0.5, 0.6) is 0 Å². The standard InChI is InChI=1S/C16H27O3P/c1-13(2)7-5-8-14(3)9-6-10-15(4)11-16(17)12-20(18)19/h7,9,11,16-17H,5-6,8,10,12H2,1-4H3/p+1/b14-9+,15-11+. The highest BCUT2D eigenvalue weighted by atomic mass is 31.1. The lowest BCUT2D eigenvalue weighted by molar-refractivity contribution is 0.242. The Bertz CT molecular complexity index is 391. The molecule has 0 aliphatic heterocycles. The third-order valence-electron chi connectivity index (χ3n) is 2.94. The van der Waals surface area contributed by atoms with Gasteiger partial charge in [0.05, 0.1) is 0 Å². The molecular weight excluding hydrogens is 271 g/mol. The van der Waals surface area contributed by atoms with Gasteiger partial charge >= 0.3 is 8.03 Å². The second-order valence-electron chi connectivity index (χ2n) is 5.52. The highest BCUT2D eigenvalue weighted by Gasteiger charge is 2.16. The van der Waals surface area contributed by atoms with Crippen LogP contribution in [0.1, 0.15) is 53.4 Å². The molecule has 0 rings (SSSR count). The van der Waals surface area contributed by atoms with Crippen molar-refractivity contribution in [3.8, 4) is 0 Å². The van der Waals surface area contributed by atoms with Crippen molar-refractivity contribution in [2.75, 3.05) is 6.16 Å². The van der Waals surface area contributed by atoms with Gasteiger partial charge in [-0.1, -0.05) is 34.9 Å². The first-order chi connectivity index (χ1) is 9.31. The molecule has 114 valence electrons. The summed E-state index contributed by atoms with van der Waals surface area (Å²) >= 11 is 0. The lowest BCUT2D eigenvalue weighted by atomic mass is 10.1. The summed E-state index contributed by atoms with van der Waals surface area (Å²) in [6.07, 6.45) is 9.25. The summed E-state index contributed by atoms with van der Waals surface area (Å²) in [7, 11) is -2.27. The molecule has 0 radical (unpaired) electrons. The van der Waals surface area contributed by atoms with Crippen LogP contribution < -0.4 is 0 Å². The summed E-state index contributed by atoms with van der Waals surface area (Å²) in [6, 6.07) is 0. The number of aliphatic hydroxyl groups excluding tert-OH is 1. The molecule has 0 aliphatic carbocycles. The Morgan fingerprint density at radius 3 is 2.15 bits per heavy atom. The molecule has 0 aromatic carbocycles. The van der Waals surface area contributed by atoms with E-state index in [1.54, 1.807) is 6.08 Å². The van der Waals surface area contributed by atoms with Crippen molar-refractivity contribution in [1.29, 1.82) is 0 Å². The van der Waals surface area contributed by atoms with Crippen LogP contribution in [0.4, 0.5) is 0 Å². The maximum absolute atomic E-state index is 10.6. The number of rotatable bonds is 9. The Morgan fingerprint density at radius 2 is 1.60 bits per heavy atom. The van der Waals surface area contributed by atoms with E-state index >= 15 is 0 Å².